The summed E-state index contributed by atoms with van der Waals surface area (Å²) in [4.78, 5) is 14.2. The van der Waals surface area contributed by atoms with Crippen molar-refractivity contribution in [2.75, 3.05) is 33.7 Å². The molecule has 0 amide bonds. The third-order valence-corrected chi connectivity index (χ3v) is 6.46. The number of piperidine rings is 1. The number of aliphatic imine (C=N–C) groups is 1. The van der Waals surface area contributed by atoms with E-state index in [9.17, 15) is 13.2 Å². The lowest BCUT2D eigenvalue weighted by Crippen LogP contribution is -2.37. The van der Waals surface area contributed by atoms with Gasteiger partial charge in [-0.25, -0.2) is 4.98 Å². The van der Waals surface area contributed by atoms with Crippen LogP contribution in [0.5, 0.6) is 0 Å². The van der Waals surface area contributed by atoms with Crippen LogP contribution in [0.3, 0.4) is 0 Å². The summed E-state index contributed by atoms with van der Waals surface area (Å²) in [5, 5.41) is 3.11. The Morgan fingerprint density at radius 2 is 2.00 bits per heavy atom. The van der Waals surface area contributed by atoms with Gasteiger partial charge < -0.3 is 26.3 Å². The van der Waals surface area contributed by atoms with Crippen LogP contribution >= 0.6 is 15.9 Å². The standard InChI is InChI=1S/C21H28BrF3N8/c1-28-7-10-33-12-15(14-3-6-30-16(11-14)21(23,24)25)31-20(33)13-4-8-32(9-5-13)19(27)17(22)18(26)29-2/h3,6,11-13,28H,4-5,7-10,27H2,1-2H3,(H2,26,29). The zero-order chi connectivity index (χ0) is 24.2. The van der Waals surface area contributed by atoms with Gasteiger partial charge in [-0.3, -0.25) is 9.98 Å². The third-order valence-electron chi connectivity index (χ3n) is 5.65. The fourth-order valence-corrected chi connectivity index (χ4v) is 4.23. The summed E-state index contributed by atoms with van der Waals surface area (Å²) in [5.74, 6) is 1.88. The zero-order valence-electron chi connectivity index (χ0n) is 18.5. The van der Waals surface area contributed by atoms with Gasteiger partial charge in [0.25, 0.3) is 0 Å². The quantitative estimate of drug-likeness (QED) is 0.376. The average molecular weight is 529 g/mol. The molecule has 0 atom stereocenters. The highest BCUT2D eigenvalue weighted by atomic mass is 79.9. The van der Waals surface area contributed by atoms with Gasteiger partial charge in [0.15, 0.2) is 0 Å². The van der Waals surface area contributed by atoms with Gasteiger partial charge in [-0.15, -0.1) is 0 Å². The number of imidazole rings is 1. The molecule has 12 heteroatoms. The van der Waals surface area contributed by atoms with Crippen molar-refractivity contribution in [2.24, 2.45) is 16.5 Å². The van der Waals surface area contributed by atoms with Gasteiger partial charge in [-0.05, 0) is 48.0 Å². The summed E-state index contributed by atoms with van der Waals surface area (Å²) in [7, 11) is 3.45. The maximum atomic E-state index is 13.1. The molecule has 0 bridgehead atoms. The molecule has 1 saturated heterocycles. The molecule has 3 heterocycles. The Morgan fingerprint density at radius 3 is 2.61 bits per heavy atom. The van der Waals surface area contributed by atoms with Crippen molar-refractivity contribution in [2.45, 2.75) is 31.5 Å². The van der Waals surface area contributed by atoms with E-state index in [0.29, 0.717) is 53.6 Å². The smallest absolute Gasteiger partial charge is 0.384 e. The van der Waals surface area contributed by atoms with Crippen molar-refractivity contribution in [3.63, 3.8) is 0 Å². The molecule has 0 unspecified atom stereocenters. The molecular formula is C21H28BrF3N8. The minimum atomic E-state index is -4.51. The lowest BCUT2D eigenvalue weighted by atomic mass is 9.96. The molecule has 0 radical (unpaired) electrons. The Kier molecular flexibility index (Phi) is 8.01. The molecule has 5 N–H and O–H groups in total. The summed E-state index contributed by atoms with van der Waals surface area (Å²) < 4.78 is 42.0. The Balaban J connectivity index is 1.84. The number of pyridine rings is 1. The molecule has 0 aliphatic carbocycles. The Bertz CT molecular complexity index is 1020. The van der Waals surface area contributed by atoms with Gasteiger partial charge >= 0.3 is 6.18 Å². The number of nitrogens with two attached hydrogens (primary N) is 2. The van der Waals surface area contributed by atoms with E-state index < -0.39 is 11.9 Å². The van der Waals surface area contributed by atoms with Gasteiger partial charge in [0.1, 0.15) is 23.2 Å². The lowest BCUT2D eigenvalue weighted by molar-refractivity contribution is -0.141. The van der Waals surface area contributed by atoms with Gasteiger partial charge in [0.05, 0.1) is 10.2 Å². The van der Waals surface area contributed by atoms with Crippen molar-refractivity contribution in [3.8, 4) is 11.3 Å². The van der Waals surface area contributed by atoms with Gasteiger partial charge in [-0.1, -0.05) is 0 Å². The molecule has 0 spiro atoms. The number of likely N-dealkylation sites (tertiary alicyclic amines) is 1. The van der Waals surface area contributed by atoms with E-state index >= 15 is 0 Å². The predicted molar refractivity (Wildman–Crippen MR) is 126 cm³/mol. The number of hydrogen-bond donors (Lipinski definition) is 3. The number of hydrogen-bond acceptors (Lipinski definition) is 6. The first-order valence-corrected chi connectivity index (χ1v) is 11.3. The van der Waals surface area contributed by atoms with Crippen molar-refractivity contribution in [1.29, 1.82) is 0 Å². The molecule has 1 aliphatic rings. The normalized spacial score (nSPS) is 16.8. The van der Waals surface area contributed by atoms with Crippen molar-refractivity contribution in [3.05, 3.63) is 46.3 Å². The molecule has 33 heavy (non-hydrogen) atoms. The molecule has 1 fully saturated rings. The summed E-state index contributed by atoms with van der Waals surface area (Å²) in [6.07, 6.45) is 0.0710. The van der Waals surface area contributed by atoms with E-state index in [1.807, 2.05) is 22.7 Å². The number of halogens is 4. The molecule has 3 rings (SSSR count). The van der Waals surface area contributed by atoms with E-state index in [4.69, 9.17) is 16.5 Å². The molecule has 0 saturated carbocycles. The van der Waals surface area contributed by atoms with Crippen molar-refractivity contribution < 1.29 is 13.2 Å². The first-order valence-electron chi connectivity index (χ1n) is 10.5. The van der Waals surface area contributed by atoms with Crippen LogP contribution in [-0.4, -0.2) is 59.0 Å². The largest absolute Gasteiger partial charge is 0.433 e. The predicted octanol–water partition coefficient (Wildman–Crippen LogP) is 2.87. The van der Waals surface area contributed by atoms with Gasteiger partial charge in [0, 0.05) is 57.1 Å². The van der Waals surface area contributed by atoms with Gasteiger partial charge in [-0.2, -0.15) is 13.2 Å². The van der Waals surface area contributed by atoms with Crippen molar-refractivity contribution in [1.82, 2.24) is 24.8 Å². The number of aromatic nitrogens is 3. The first kappa shape index (κ1) is 25.0. The molecule has 2 aromatic rings. The topological polar surface area (TPSA) is 110 Å². The van der Waals surface area contributed by atoms with Crippen LogP contribution in [0, 0.1) is 0 Å². The highest BCUT2D eigenvalue weighted by Gasteiger charge is 2.33. The molecule has 180 valence electrons. The fraction of sp³-hybridized carbons (Fsp3) is 0.476. The summed E-state index contributed by atoms with van der Waals surface area (Å²) in [6.45, 7) is 2.77. The van der Waals surface area contributed by atoms with Crippen LogP contribution in [-0.2, 0) is 12.7 Å². The van der Waals surface area contributed by atoms with Crippen LogP contribution in [0.1, 0.15) is 30.3 Å². The number of likely N-dealkylation sites (N-methyl/N-ethyl adjacent to an activating group) is 1. The Morgan fingerprint density at radius 1 is 1.30 bits per heavy atom. The summed E-state index contributed by atoms with van der Waals surface area (Å²) in [5.41, 5.74) is 12.1. The summed E-state index contributed by atoms with van der Waals surface area (Å²) in [6, 6.07) is 2.59. The fourth-order valence-electron chi connectivity index (χ4n) is 3.80. The zero-order valence-corrected chi connectivity index (χ0v) is 20.1. The highest BCUT2D eigenvalue weighted by molar-refractivity contribution is 9.12. The van der Waals surface area contributed by atoms with Crippen molar-refractivity contribution >= 4 is 21.8 Å². The van der Waals surface area contributed by atoms with Crippen LogP contribution in [0.4, 0.5) is 13.2 Å². The van der Waals surface area contributed by atoms with E-state index in [2.05, 4.69) is 31.2 Å². The van der Waals surface area contributed by atoms with E-state index in [1.165, 1.54) is 6.20 Å². The highest BCUT2D eigenvalue weighted by Crippen LogP contribution is 2.33. The second-order valence-electron chi connectivity index (χ2n) is 7.78. The number of alkyl halides is 3. The lowest BCUT2D eigenvalue weighted by Gasteiger charge is -2.34. The summed E-state index contributed by atoms with van der Waals surface area (Å²) >= 11 is 3.40. The van der Waals surface area contributed by atoms with E-state index in [0.717, 1.165) is 24.7 Å². The van der Waals surface area contributed by atoms with E-state index in [-0.39, 0.29) is 5.92 Å². The minimum Gasteiger partial charge on any atom is -0.384 e. The monoisotopic (exact) mass is 528 g/mol. The van der Waals surface area contributed by atoms with Crippen LogP contribution in [0.2, 0.25) is 0 Å². The Labute approximate surface area is 199 Å². The van der Waals surface area contributed by atoms with Gasteiger partial charge in [0.2, 0.25) is 0 Å². The number of amidine groups is 1. The van der Waals surface area contributed by atoms with Crippen LogP contribution in [0.25, 0.3) is 11.3 Å². The second kappa shape index (κ2) is 10.6. The average Bonchev–Trinajstić information content (AvgIpc) is 3.25. The number of rotatable bonds is 7. The van der Waals surface area contributed by atoms with Crippen LogP contribution < -0.4 is 16.8 Å². The number of nitrogens with zero attached hydrogens (tertiary/aromatic N) is 5. The molecule has 8 nitrogen and oxygen atoms in total. The molecule has 1 aliphatic heterocycles. The Hall–Kier alpha value is -2.60. The number of nitrogens with one attached hydrogen (secondary N) is 1. The molecule has 2 aromatic heterocycles. The first-order chi connectivity index (χ1) is 15.7. The second-order valence-corrected chi connectivity index (χ2v) is 8.57. The minimum absolute atomic E-state index is 0.152. The molecular weight excluding hydrogens is 501 g/mol. The molecule has 0 aromatic carbocycles. The van der Waals surface area contributed by atoms with E-state index in [1.54, 1.807) is 13.1 Å². The third kappa shape index (κ3) is 5.85. The maximum Gasteiger partial charge on any atom is 0.433 e. The SMILES string of the molecule is CN=C(N)C(Br)=C(N)N1CCC(c2nc(-c3ccnc(C(F)(F)F)c3)cn2CCNC)CC1. The maximum absolute atomic E-state index is 13.1. The van der Waals surface area contributed by atoms with Crippen LogP contribution in [0.15, 0.2) is 39.8 Å².